The molecule has 0 radical (unpaired) electrons. The van der Waals surface area contributed by atoms with Crippen LogP contribution in [0.25, 0.3) is 11.3 Å². The van der Waals surface area contributed by atoms with E-state index in [0.717, 1.165) is 42.2 Å². The summed E-state index contributed by atoms with van der Waals surface area (Å²) in [5.41, 5.74) is 2.50. The highest BCUT2D eigenvalue weighted by atomic mass is 16.5. The summed E-state index contributed by atoms with van der Waals surface area (Å²) >= 11 is 0. The molecular formula is C20H24N4O4. The Labute approximate surface area is 162 Å². The molecule has 3 N–H and O–H groups in total. The number of nitrogens with one attached hydrogen (secondary N) is 2. The number of carboxylic acids is 1. The Hall–Kier alpha value is -2.87. The van der Waals surface area contributed by atoms with Crippen LogP contribution in [0.3, 0.4) is 0 Å². The van der Waals surface area contributed by atoms with Crippen molar-refractivity contribution in [3.8, 4) is 17.0 Å². The summed E-state index contributed by atoms with van der Waals surface area (Å²) in [7, 11) is 1.64. The van der Waals surface area contributed by atoms with E-state index in [0.29, 0.717) is 12.8 Å². The number of rotatable bonds is 5. The van der Waals surface area contributed by atoms with E-state index in [1.807, 2.05) is 30.5 Å². The number of likely N-dealkylation sites (tertiary alicyclic amines) is 1. The van der Waals surface area contributed by atoms with Gasteiger partial charge in [0.15, 0.2) is 0 Å². The van der Waals surface area contributed by atoms with E-state index >= 15 is 0 Å². The summed E-state index contributed by atoms with van der Waals surface area (Å²) in [4.78, 5) is 25.7. The Kier molecular flexibility index (Phi) is 4.80. The normalized spacial score (nSPS) is 21.6. The molecule has 1 aromatic carbocycles. The van der Waals surface area contributed by atoms with Gasteiger partial charge < -0.3 is 15.2 Å². The lowest BCUT2D eigenvalue weighted by Crippen LogP contribution is -2.55. The van der Waals surface area contributed by atoms with Gasteiger partial charge in [-0.25, -0.2) is 0 Å². The Morgan fingerprint density at radius 1 is 1.32 bits per heavy atom. The monoisotopic (exact) mass is 384 g/mol. The fourth-order valence-electron chi connectivity index (χ4n) is 4.38. The van der Waals surface area contributed by atoms with Crippen molar-refractivity contribution in [1.29, 1.82) is 0 Å². The van der Waals surface area contributed by atoms with Crippen LogP contribution in [0.1, 0.15) is 24.8 Å². The molecule has 8 heteroatoms. The van der Waals surface area contributed by atoms with Crippen LogP contribution >= 0.6 is 0 Å². The summed E-state index contributed by atoms with van der Waals surface area (Å²) in [5.74, 6) is -0.871. The SMILES string of the molecule is COc1ccc(-c2[nH]ncc2CN2CCC3(CC2)NC(=O)C[C@H]3C(=O)O)cc1. The number of benzene rings is 1. The molecule has 0 saturated carbocycles. The average molecular weight is 384 g/mol. The van der Waals surface area contributed by atoms with Crippen molar-refractivity contribution in [2.45, 2.75) is 31.3 Å². The number of carboxylic acid groups (broad SMARTS) is 1. The van der Waals surface area contributed by atoms with Crippen LogP contribution in [0.4, 0.5) is 0 Å². The summed E-state index contributed by atoms with van der Waals surface area (Å²) < 4.78 is 5.21. The maximum atomic E-state index is 11.8. The quantitative estimate of drug-likeness (QED) is 0.723. The molecule has 28 heavy (non-hydrogen) atoms. The minimum atomic E-state index is -0.886. The number of carbonyl (C=O) groups is 2. The lowest BCUT2D eigenvalue weighted by molar-refractivity contribution is -0.144. The number of H-pyrrole nitrogens is 1. The van der Waals surface area contributed by atoms with Crippen LogP contribution in [0.15, 0.2) is 30.5 Å². The zero-order valence-electron chi connectivity index (χ0n) is 15.8. The predicted molar refractivity (Wildman–Crippen MR) is 102 cm³/mol. The number of aliphatic carboxylic acids is 1. The van der Waals surface area contributed by atoms with Crippen LogP contribution in [0, 0.1) is 5.92 Å². The lowest BCUT2D eigenvalue weighted by atomic mass is 9.77. The molecule has 1 amide bonds. The molecule has 0 unspecified atom stereocenters. The number of hydrogen-bond acceptors (Lipinski definition) is 5. The second kappa shape index (κ2) is 7.27. The number of aromatic nitrogens is 2. The zero-order valence-corrected chi connectivity index (χ0v) is 15.8. The van der Waals surface area contributed by atoms with Gasteiger partial charge in [0.2, 0.25) is 5.91 Å². The Bertz CT molecular complexity index is 869. The number of amides is 1. The van der Waals surface area contributed by atoms with Gasteiger partial charge in [-0.05, 0) is 37.1 Å². The molecule has 1 atom stereocenters. The molecule has 2 aliphatic rings. The third-order valence-electron chi connectivity index (χ3n) is 5.98. The zero-order chi connectivity index (χ0) is 19.7. The topological polar surface area (TPSA) is 108 Å². The molecular weight excluding hydrogens is 360 g/mol. The molecule has 2 aliphatic heterocycles. The highest BCUT2D eigenvalue weighted by Crippen LogP contribution is 2.37. The van der Waals surface area contributed by atoms with Gasteiger partial charge >= 0.3 is 5.97 Å². The van der Waals surface area contributed by atoms with Gasteiger partial charge in [0, 0.05) is 37.2 Å². The second-order valence-electron chi connectivity index (χ2n) is 7.57. The molecule has 4 rings (SSSR count). The largest absolute Gasteiger partial charge is 0.497 e. The molecule has 1 spiro atoms. The first-order valence-corrected chi connectivity index (χ1v) is 9.43. The minimum absolute atomic E-state index is 0.0820. The van der Waals surface area contributed by atoms with Crippen molar-refractivity contribution < 1.29 is 19.4 Å². The van der Waals surface area contributed by atoms with Crippen LogP contribution < -0.4 is 10.1 Å². The summed E-state index contributed by atoms with van der Waals surface area (Å²) in [6.07, 6.45) is 3.21. The van der Waals surface area contributed by atoms with E-state index in [9.17, 15) is 14.7 Å². The number of piperidine rings is 1. The van der Waals surface area contributed by atoms with Crippen LogP contribution in [-0.2, 0) is 16.1 Å². The number of carbonyl (C=O) groups excluding carboxylic acids is 1. The number of aromatic amines is 1. The van der Waals surface area contributed by atoms with Crippen molar-refractivity contribution in [2.24, 2.45) is 5.92 Å². The fourth-order valence-corrected chi connectivity index (χ4v) is 4.38. The standard InChI is InChI=1S/C20H24N4O4/c1-28-15-4-2-13(3-5-15)18-14(11-21-23-18)12-24-8-6-20(7-9-24)16(19(26)27)10-17(25)22-20/h2-5,11,16H,6-10,12H2,1H3,(H,21,23)(H,22,25)(H,26,27)/t16-/m0/s1. The predicted octanol–water partition coefficient (Wildman–Crippen LogP) is 1.64. The third-order valence-corrected chi connectivity index (χ3v) is 5.98. The Morgan fingerprint density at radius 2 is 2.04 bits per heavy atom. The molecule has 0 bridgehead atoms. The fraction of sp³-hybridized carbons (Fsp3) is 0.450. The van der Waals surface area contributed by atoms with E-state index in [-0.39, 0.29) is 12.3 Å². The van der Waals surface area contributed by atoms with Gasteiger partial charge in [0.05, 0.1) is 30.5 Å². The molecule has 1 aromatic heterocycles. The average Bonchev–Trinajstić information content (AvgIpc) is 3.28. The number of methoxy groups -OCH3 is 1. The van der Waals surface area contributed by atoms with Crippen molar-refractivity contribution in [3.63, 3.8) is 0 Å². The van der Waals surface area contributed by atoms with Gasteiger partial charge in [-0.1, -0.05) is 0 Å². The van der Waals surface area contributed by atoms with Gasteiger partial charge in [-0.3, -0.25) is 19.6 Å². The van der Waals surface area contributed by atoms with Crippen LogP contribution in [-0.4, -0.2) is 57.8 Å². The van der Waals surface area contributed by atoms with E-state index in [2.05, 4.69) is 20.4 Å². The van der Waals surface area contributed by atoms with Crippen LogP contribution in [0.2, 0.25) is 0 Å². The number of ether oxygens (including phenoxy) is 1. The molecule has 2 aromatic rings. The Morgan fingerprint density at radius 3 is 2.68 bits per heavy atom. The van der Waals surface area contributed by atoms with E-state index in [1.54, 1.807) is 7.11 Å². The van der Waals surface area contributed by atoms with Gasteiger partial charge in [0.1, 0.15) is 5.75 Å². The van der Waals surface area contributed by atoms with Crippen molar-refractivity contribution in [3.05, 3.63) is 36.0 Å². The van der Waals surface area contributed by atoms with E-state index in [1.165, 1.54) is 0 Å². The van der Waals surface area contributed by atoms with E-state index in [4.69, 9.17) is 4.74 Å². The summed E-state index contributed by atoms with van der Waals surface area (Å²) in [6.45, 7) is 2.19. The van der Waals surface area contributed by atoms with Crippen molar-refractivity contribution in [2.75, 3.05) is 20.2 Å². The van der Waals surface area contributed by atoms with E-state index < -0.39 is 17.4 Å². The Balaban J connectivity index is 1.44. The minimum Gasteiger partial charge on any atom is -0.497 e. The highest BCUT2D eigenvalue weighted by molar-refractivity contribution is 5.88. The van der Waals surface area contributed by atoms with Crippen molar-refractivity contribution in [1.82, 2.24) is 20.4 Å². The molecule has 3 heterocycles. The second-order valence-corrected chi connectivity index (χ2v) is 7.57. The first-order valence-electron chi connectivity index (χ1n) is 9.43. The van der Waals surface area contributed by atoms with Crippen LogP contribution in [0.5, 0.6) is 5.75 Å². The summed E-state index contributed by atoms with van der Waals surface area (Å²) in [5, 5.41) is 19.7. The molecule has 0 aliphatic carbocycles. The maximum Gasteiger partial charge on any atom is 0.309 e. The molecule has 2 saturated heterocycles. The van der Waals surface area contributed by atoms with Gasteiger partial charge in [-0.2, -0.15) is 5.10 Å². The molecule has 8 nitrogen and oxygen atoms in total. The number of hydrogen-bond donors (Lipinski definition) is 3. The van der Waals surface area contributed by atoms with Crippen molar-refractivity contribution >= 4 is 11.9 Å². The highest BCUT2D eigenvalue weighted by Gasteiger charge is 2.51. The smallest absolute Gasteiger partial charge is 0.309 e. The first-order chi connectivity index (χ1) is 13.5. The third kappa shape index (κ3) is 3.35. The molecule has 2 fully saturated rings. The van der Waals surface area contributed by atoms with Gasteiger partial charge in [-0.15, -0.1) is 0 Å². The maximum absolute atomic E-state index is 11.8. The summed E-state index contributed by atoms with van der Waals surface area (Å²) in [6, 6.07) is 7.82. The van der Waals surface area contributed by atoms with Gasteiger partial charge in [0.25, 0.3) is 0 Å². The molecule has 148 valence electrons. The lowest BCUT2D eigenvalue weighted by Gasteiger charge is -2.41. The first kappa shape index (κ1) is 18.5. The number of nitrogens with zero attached hydrogens (tertiary/aromatic N) is 2.